The van der Waals surface area contributed by atoms with Crippen molar-refractivity contribution >= 4 is 35.6 Å². The van der Waals surface area contributed by atoms with E-state index >= 15 is 0 Å². The number of ether oxygens (including phenoxy) is 1. The number of aromatic amines is 2. The van der Waals surface area contributed by atoms with Crippen molar-refractivity contribution in [3.63, 3.8) is 0 Å². The number of carbonyl (C=O) groups is 2. The molecule has 9 nitrogen and oxygen atoms in total. The largest absolute Gasteiger partial charge is 0.469 e. The maximum atomic E-state index is 12.9. The minimum absolute atomic E-state index is 0.0124. The number of esters is 1. The number of allylic oxidation sites excluding steroid dienone is 4. The van der Waals surface area contributed by atoms with Crippen LogP contribution in [-0.2, 0) is 27.2 Å². The maximum Gasteiger partial charge on any atom is 0.305 e. The monoisotopic (exact) mass is 600 g/mol. The molecule has 4 aliphatic rings. The highest BCUT2D eigenvalue weighted by molar-refractivity contribution is 6.08. The normalized spacial score (nSPS) is 27.3. The molecule has 5 heterocycles. The van der Waals surface area contributed by atoms with Gasteiger partial charge in [-0.3, -0.25) is 9.59 Å². The molecule has 2 aromatic rings. The van der Waals surface area contributed by atoms with Gasteiger partial charge in [0.25, 0.3) is 0 Å². The van der Waals surface area contributed by atoms with Gasteiger partial charge >= 0.3 is 5.97 Å². The summed E-state index contributed by atoms with van der Waals surface area (Å²) < 4.78 is 4.99. The van der Waals surface area contributed by atoms with Crippen LogP contribution in [0.2, 0.25) is 0 Å². The second kappa shape index (κ2) is 10.7. The first kappa shape index (κ1) is 30.2. The first-order chi connectivity index (χ1) is 20.9. The molecule has 2 aromatic heterocycles. The highest BCUT2D eigenvalue weighted by Crippen LogP contribution is 2.48. The van der Waals surface area contributed by atoms with Gasteiger partial charge < -0.3 is 35.6 Å². The third-order valence-corrected chi connectivity index (χ3v) is 10.8. The Labute approximate surface area is 258 Å². The predicted octanol–water partition coefficient (Wildman–Crippen LogP) is 4.79. The molecule has 0 spiro atoms. The first-order valence-corrected chi connectivity index (χ1v) is 15.8. The molecule has 0 amide bonds. The molecule has 0 radical (unpaired) electrons. The molecule has 6 rings (SSSR count). The number of hydrogen-bond donors (Lipinski definition) is 6. The third-order valence-electron chi connectivity index (χ3n) is 10.8. The lowest BCUT2D eigenvalue weighted by atomic mass is 9.81. The molecule has 8 bridgehead atoms. The Hall–Kier alpha value is -3.82. The summed E-state index contributed by atoms with van der Waals surface area (Å²) in [7, 11) is 1.41. The molecule has 9 heteroatoms. The van der Waals surface area contributed by atoms with Crippen LogP contribution in [-0.4, -0.2) is 50.7 Å². The molecule has 2 saturated heterocycles. The van der Waals surface area contributed by atoms with Crippen LogP contribution < -0.4 is 10.6 Å². The first-order valence-electron chi connectivity index (χ1n) is 15.8. The quantitative estimate of drug-likeness (QED) is 0.207. The van der Waals surface area contributed by atoms with E-state index in [1.165, 1.54) is 12.7 Å². The second-order valence-corrected chi connectivity index (χ2v) is 12.9. The Bertz CT molecular complexity index is 1700. The van der Waals surface area contributed by atoms with Crippen molar-refractivity contribution in [2.75, 3.05) is 7.11 Å². The molecule has 2 fully saturated rings. The van der Waals surface area contributed by atoms with Gasteiger partial charge in [-0.25, -0.2) is 0 Å². The van der Waals surface area contributed by atoms with Gasteiger partial charge in [-0.15, -0.1) is 0 Å². The van der Waals surface area contributed by atoms with E-state index in [2.05, 4.69) is 41.4 Å². The highest BCUT2D eigenvalue weighted by atomic mass is 16.5. The second-order valence-electron chi connectivity index (χ2n) is 12.9. The van der Waals surface area contributed by atoms with Gasteiger partial charge in [0.15, 0.2) is 6.29 Å². The fourth-order valence-electron chi connectivity index (χ4n) is 7.97. The van der Waals surface area contributed by atoms with Gasteiger partial charge in [0, 0.05) is 46.7 Å². The number of hydrogen-bond acceptors (Lipinski definition) is 7. The van der Waals surface area contributed by atoms with E-state index in [0.717, 1.165) is 75.6 Å². The van der Waals surface area contributed by atoms with Crippen molar-refractivity contribution in [1.82, 2.24) is 20.6 Å². The van der Waals surface area contributed by atoms with Gasteiger partial charge in [-0.2, -0.15) is 0 Å². The topological polar surface area (TPSA) is 139 Å². The van der Waals surface area contributed by atoms with Gasteiger partial charge in [0.1, 0.15) is 11.2 Å². The van der Waals surface area contributed by atoms with Crippen LogP contribution in [0.4, 0.5) is 0 Å². The average molecular weight is 601 g/mol. The zero-order valence-corrected chi connectivity index (χ0v) is 26.7. The van der Waals surface area contributed by atoms with Gasteiger partial charge in [0.2, 0.25) is 0 Å². The van der Waals surface area contributed by atoms with E-state index in [1.807, 2.05) is 26.0 Å². The Kier molecular flexibility index (Phi) is 7.32. The number of aromatic nitrogens is 2. The number of aldehydes is 1. The summed E-state index contributed by atoms with van der Waals surface area (Å²) in [5, 5.41) is 30.9. The number of methoxy groups -OCH3 is 1. The predicted molar refractivity (Wildman–Crippen MR) is 171 cm³/mol. The number of rotatable bonds is 6. The molecule has 0 aromatic carbocycles. The minimum atomic E-state index is -1.59. The summed E-state index contributed by atoms with van der Waals surface area (Å²) >= 11 is 0. The fraction of sp³-hybridized carbons (Fsp3) is 0.486. The van der Waals surface area contributed by atoms with Crippen molar-refractivity contribution < 1.29 is 24.5 Å². The average Bonchev–Trinajstić information content (AvgIpc) is 3.76. The van der Waals surface area contributed by atoms with Crippen molar-refractivity contribution in [2.45, 2.75) is 91.3 Å². The van der Waals surface area contributed by atoms with E-state index < -0.39 is 11.2 Å². The summed E-state index contributed by atoms with van der Waals surface area (Å²) in [4.78, 5) is 32.4. The van der Waals surface area contributed by atoms with Crippen LogP contribution in [0.5, 0.6) is 0 Å². The molecular weight excluding hydrogens is 556 g/mol. The van der Waals surface area contributed by atoms with Crippen molar-refractivity contribution in [3.8, 4) is 0 Å². The molecule has 3 aliphatic heterocycles. The summed E-state index contributed by atoms with van der Waals surface area (Å²) in [6.07, 6.45) is 8.27. The van der Waals surface area contributed by atoms with Crippen LogP contribution in [0.3, 0.4) is 0 Å². The standard InChI is InChI=1S/C35H44N4O5/c1-8-20-18(4)30-24(16-40)31-19(5)22(12-13-29(41)44-7)33(39-31)23-11-10-21-17(3)25(36-32(21)23)14-28-35(43,9-2)34(6,42)27(38-28)15-26(20)37-30/h14-16,19,22,36-39,42-43H,8-13H2,1-7H3/t19-,22-,34?,35?/m0/s1. The molecular formula is C35H44N4O5. The lowest BCUT2D eigenvalue weighted by molar-refractivity contribution is -0.140. The molecule has 6 N–H and O–H groups in total. The number of fused-ring (bicyclic) bond motifs is 7. The molecule has 234 valence electrons. The fourth-order valence-corrected chi connectivity index (χ4v) is 7.97. The Morgan fingerprint density at radius 1 is 1.02 bits per heavy atom. The molecule has 1 aliphatic carbocycles. The number of aliphatic hydroxyl groups is 2. The number of carbonyl (C=O) groups excluding carboxylic acids is 2. The molecule has 44 heavy (non-hydrogen) atoms. The van der Waals surface area contributed by atoms with Crippen LogP contribution in [0.25, 0.3) is 23.3 Å². The SMILES string of the molecule is CCc1c2[nH]c(c1C)C(C=O)=C1NC(=C3CCc4c3[nH]c(c4C)C=C3NC(=C2)C(C)(O)C3(O)CC)[C@@H](CCC(=O)OC)[C@@H]1C. The smallest absolute Gasteiger partial charge is 0.305 e. The van der Waals surface area contributed by atoms with E-state index in [0.29, 0.717) is 36.2 Å². The van der Waals surface area contributed by atoms with Gasteiger partial charge in [-0.05, 0) is 92.9 Å². The maximum absolute atomic E-state index is 12.9. The van der Waals surface area contributed by atoms with Gasteiger partial charge in [-0.1, -0.05) is 20.8 Å². The number of H-pyrrole nitrogens is 2. The molecule has 0 saturated carbocycles. The van der Waals surface area contributed by atoms with E-state index in [-0.39, 0.29) is 24.2 Å². The summed E-state index contributed by atoms with van der Waals surface area (Å²) in [5.41, 5.74) is 9.20. The summed E-state index contributed by atoms with van der Waals surface area (Å²) in [6.45, 7) is 11.8. The van der Waals surface area contributed by atoms with Crippen LogP contribution >= 0.6 is 0 Å². The number of nitrogens with one attached hydrogen (secondary N) is 4. The summed E-state index contributed by atoms with van der Waals surface area (Å²) in [6, 6.07) is 0. The van der Waals surface area contributed by atoms with E-state index in [9.17, 15) is 19.8 Å². The van der Waals surface area contributed by atoms with Crippen LogP contribution in [0, 0.1) is 25.7 Å². The lowest BCUT2D eigenvalue weighted by Crippen LogP contribution is -2.49. The Morgan fingerprint density at radius 3 is 2.39 bits per heavy atom. The molecule has 2 unspecified atom stereocenters. The minimum Gasteiger partial charge on any atom is -0.469 e. The molecule has 4 atom stereocenters. The lowest BCUT2D eigenvalue weighted by Gasteiger charge is -2.34. The third kappa shape index (κ3) is 4.19. The highest BCUT2D eigenvalue weighted by Gasteiger charge is 2.56. The van der Waals surface area contributed by atoms with Crippen LogP contribution in [0.1, 0.15) is 98.4 Å². The zero-order valence-electron chi connectivity index (χ0n) is 26.7. The summed E-state index contributed by atoms with van der Waals surface area (Å²) in [5.74, 6) is -0.314. The van der Waals surface area contributed by atoms with Crippen molar-refractivity contribution in [3.05, 3.63) is 67.8 Å². The Morgan fingerprint density at radius 2 is 1.73 bits per heavy atom. The zero-order chi connectivity index (χ0) is 31.7. The van der Waals surface area contributed by atoms with E-state index in [1.54, 1.807) is 6.92 Å². The van der Waals surface area contributed by atoms with Crippen molar-refractivity contribution in [2.24, 2.45) is 11.8 Å². The van der Waals surface area contributed by atoms with Crippen LogP contribution in [0.15, 0.2) is 22.8 Å². The Balaban J connectivity index is 1.66. The van der Waals surface area contributed by atoms with E-state index in [4.69, 9.17) is 4.74 Å². The van der Waals surface area contributed by atoms with Crippen molar-refractivity contribution in [1.29, 1.82) is 0 Å². The van der Waals surface area contributed by atoms with Gasteiger partial charge in [0.05, 0.1) is 29.8 Å².